The lowest BCUT2D eigenvalue weighted by Crippen LogP contribution is -2.50. The summed E-state index contributed by atoms with van der Waals surface area (Å²) >= 11 is 11.6. The molecule has 24 nitrogen and oxygen atoms in total. The van der Waals surface area contributed by atoms with Gasteiger partial charge in [-0.2, -0.15) is 10.2 Å². The summed E-state index contributed by atoms with van der Waals surface area (Å²) in [5.74, 6) is 3.96. The predicted molar refractivity (Wildman–Crippen MR) is 316 cm³/mol. The van der Waals surface area contributed by atoms with Crippen molar-refractivity contribution in [3.05, 3.63) is 155 Å². The van der Waals surface area contributed by atoms with E-state index in [-0.39, 0.29) is 46.3 Å². The molecule has 26 heteroatoms. The summed E-state index contributed by atoms with van der Waals surface area (Å²) in [5.41, 5.74) is 5.36. The third kappa shape index (κ3) is 12.4. The molecule has 6 N–H and O–H groups in total. The van der Waals surface area contributed by atoms with Gasteiger partial charge in [-0.1, -0.05) is 24.3 Å². The zero-order valence-corrected chi connectivity index (χ0v) is 48.5. The lowest BCUT2D eigenvalue weighted by Gasteiger charge is -2.38. The van der Waals surface area contributed by atoms with Gasteiger partial charge < -0.3 is 30.7 Å². The monoisotopic (exact) mass is 1170 g/mol. The summed E-state index contributed by atoms with van der Waals surface area (Å²) in [7, 11) is 3.21. The van der Waals surface area contributed by atoms with Gasteiger partial charge in [0.25, 0.3) is 11.8 Å². The molecule has 0 bridgehead atoms. The van der Waals surface area contributed by atoms with E-state index in [4.69, 9.17) is 42.6 Å². The molecule has 10 heterocycles. The Hall–Kier alpha value is -8.84. The first-order valence-electron chi connectivity index (χ1n) is 27.6. The van der Waals surface area contributed by atoms with Crippen molar-refractivity contribution in [2.24, 2.45) is 0 Å². The van der Waals surface area contributed by atoms with Crippen LogP contribution in [-0.4, -0.2) is 117 Å². The first-order valence-corrected chi connectivity index (χ1v) is 28.3. The van der Waals surface area contributed by atoms with Crippen molar-refractivity contribution in [3.63, 3.8) is 0 Å². The molecule has 10 aromatic heterocycles. The Kier molecular flexibility index (Phi) is 16.7. The highest BCUT2D eigenvalue weighted by Crippen LogP contribution is 2.44. The molecule has 0 aromatic carbocycles. The maximum Gasteiger partial charge on any atom is 0.252 e. The van der Waals surface area contributed by atoms with Crippen LogP contribution in [0.15, 0.2) is 110 Å². The molecule has 2 atom stereocenters. The van der Waals surface area contributed by atoms with E-state index in [1.807, 2.05) is 100 Å². The number of anilines is 4. The van der Waals surface area contributed by atoms with Crippen LogP contribution in [0.5, 0.6) is 0 Å². The fourth-order valence-electron chi connectivity index (χ4n) is 11.0. The minimum Gasteiger partial charge on any atom is -0.368 e. The van der Waals surface area contributed by atoms with Crippen LogP contribution in [0.1, 0.15) is 123 Å². The normalized spacial score (nSPS) is 19.5. The first kappa shape index (κ1) is 57.0. The number of hydrogen-bond donors (Lipinski definition) is 6. The van der Waals surface area contributed by atoms with Crippen LogP contribution in [0.2, 0.25) is 10.6 Å². The van der Waals surface area contributed by atoms with Gasteiger partial charge in [-0.05, 0) is 150 Å². The molecule has 0 radical (unpaired) electrons. The maximum atomic E-state index is 13.6. The van der Waals surface area contributed by atoms with E-state index < -0.39 is 11.2 Å². The second-order valence-electron chi connectivity index (χ2n) is 21.2. The highest BCUT2D eigenvalue weighted by molar-refractivity contribution is 6.28. The molecule has 2 fully saturated rings. The molecule has 0 saturated heterocycles. The smallest absolute Gasteiger partial charge is 0.252 e. The van der Waals surface area contributed by atoms with Crippen molar-refractivity contribution in [2.75, 3.05) is 24.9 Å². The van der Waals surface area contributed by atoms with Crippen molar-refractivity contribution in [1.29, 1.82) is 0 Å². The minimum atomic E-state index is -0.929. The first-order chi connectivity index (χ1) is 40.7. The SMILES string of the molecule is COC1(C(=O)N[C@@H](C)c2ccc(-n3cnc(Cl)n3)nc2)CCC(c2nc(Nc3cc(C)[nH]n3)cc3cccnc23)CC1.COC1(C(=O)N[C@@H](C)c2ccc(-n3cnc(Cl)n3)nc2)CCC(c2nc(Nc3cc(C)[nH]n3)cc3cccnc23)CC1. The lowest BCUT2D eigenvalue weighted by atomic mass is 9.76. The molecule has 2 aliphatic carbocycles. The van der Waals surface area contributed by atoms with Gasteiger partial charge in [0, 0.05) is 85.1 Å². The van der Waals surface area contributed by atoms with E-state index in [2.05, 4.69) is 81.8 Å². The van der Waals surface area contributed by atoms with Gasteiger partial charge in [0.2, 0.25) is 10.6 Å². The molecule has 10 aromatic rings. The molecule has 432 valence electrons. The molecule has 0 spiro atoms. The second-order valence-corrected chi connectivity index (χ2v) is 21.9. The third-order valence-electron chi connectivity index (χ3n) is 15.8. The van der Waals surface area contributed by atoms with Crippen LogP contribution in [0.25, 0.3) is 33.4 Å². The molecular weight excluding hydrogens is 1110 g/mol. The maximum absolute atomic E-state index is 13.6. The molecule has 0 unspecified atom stereocenters. The van der Waals surface area contributed by atoms with E-state index in [9.17, 15) is 9.59 Å². The Morgan fingerprint density at radius 2 is 1.00 bits per heavy atom. The van der Waals surface area contributed by atoms with Gasteiger partial charge in [-0.25, -0.2) is 39.3 Å². The van der Waals surface area contributed by atoms with Gasteiger partial charge >= 0.3 is 0 Å². The highest BCUT2D eigenvalue weighted by atomic mass is 35.5. The predicted octanol–water partition coefficient (Wildman–Crippen LogP) is 9.91. The van der Waals surface area contributed by atoms with E-state index in [1.54, 1.807) is 39.0 Å². The largest absolute Gasteiger partial charge is 0.368 e. The summed E-state index contributed by atoms with van der Waals surface area (Å²) in [5, 5.41) is 37.7. The number of hydrogen-bond acceptors (Lipinski definition) is 18. The van der Waals surface area contributed by atoms with Gasteiger partial charge in [-0.15, -0.1) is 10.2 Å². The Bertz CT molecular complexity index is 3670. The van der Waals surface area contributed by atoms with Crippen LogP contribution < -0.4 is 21.3 Å². The number of halogens is 2. The van der Waals surface area contributed by atoms with Crippen molar-refractivity contribution < 1.29 is 19.1 Å². The number of H-pyrrole nitrogens is 2. The Labute approximate surface area is 492 Å². The zero-order chi connectivity index (χ0) is 58.5. The number of pyridine rings is 6. The molecule has 84 heavy (non-hydrogen) atoms. The van der Waals surface area contributed by atoms with E-state index >= 15 is 0 Å². The van der Waals surface area contributed by atoms with Crippen LogP contribution in [0, 0.1) is 13.8 Å². The fourth-order valence-corrected chi connectivity index (χ4v) is 11.3. The number of methoxy groups -OCH3 is 2. The molecule has 2 saturated carbocycles. The molecule has 2 amide bonds. The Balaban J connectivity index is 0.000000175. The van der Waals surface area contributed by atoms with Crippen LogP contribution in [0.3, 0.4) is 0 Å². The molecule has 12 rings (SSSR count). The number of aryl methyl sites for hydroxylation is 2. The number of aromatic amines is 2. The van der Waals surface area contributed by atoms with Gasteiger partial charge in [0.15, 0.2) is 23.3 Å². The molecule has 2 aliphatic rings. The second kappa shape index (κ2) is 24.5. The number of rotatable bonds is 16. The van der Waals surface area contributed by atoms with Gasteiger partial charge in [0.1, 0.15) is 35.5 Å². The summed E-state index contributed by atoms with van der Waals surface area (Å²) in [6.45, 7) is 7.76. The van der Waals surface area contributed by atoms with Crippen LogP contribution in [-0.2, 0) is 19.1 Å². The van der Waals surface area contributed by atoms with Gasteiger partial charge in [-0.3, -0.25) is 29.8 Å². The number of carbonyl (C=O) groups is 2. The molecular formula is C58H62Cl2N20O4. The molecule has 0 aliphatic heterocycles. The summed E-state index contributed by atoms with van der Waals surface area (Å²) in [6, 6.07) is 22.6. The topological polar surface area (TPSA) is 297 Å². The van der Waals surface area contributed by atoms with Gasteiger partial charge in [0.05, 0.1) is 34.5 Å². The number of ether oxygens (including phenoxy) is 2. The zero-order valence-electron chi connectivity index (χ0n) is 47.0. The Morgan fingerprint density at radius 1 is 0.583 bits per heavy atom. The standard InChI is InChI=1S/2C29H31ClN10O2/c2*1-17-13-23(38-37-17)35-22-14-20-5-4-12-31-25(20)26(36-22)19-8-10-29(42-3,11-9-19)27(41)34-18(2)21-6-7-24(32-15-21)40-16-33-28(30)39-40/h2*4-7,12-16,18-19H,8-11H2,1-3H3,(H,34,41)(H2,35,36,37,38)/t2*18-,19?,29?/m00/s1. The summed E-state index contributed by atoms with van der Waals surface area (Å²) in [6.07, 6.45) is 15.2. The van der Waals surface area contributed by atoms with Crippen molar-refractivity contribution in [3.8, 4) is 11.6 Å². The average Bonchev–Trinajstić information content (AvgIpc) is 2.64. The van der Waals surface area contributed by atoms with Crippen molar-refractivity contribution in [2.45, 2.75) is 114 Å². The average molecular weight is 1170 g/mol. The number of nitrogens with one attached hydrogen (secondary N) is 6. The van der Waals surface area contributed by atoms with Crippen molar-refractivity contribution >= 4 is 80.1 Å². The third-order valence-corrected chi connectivity index (χ3v) is 16.1. The van der Waals surface area contributed by atoms with Crippen molar-refractivity contribution in [1.82, 2.24) is 90.5 Å². The number of carbonyl (C=O) groups excluding carboxylic acids is 2. The minimum absolute atomic E-state index is 0.126. The quantitative estimate of drug-likeness (QED) is 0.0524. The van der Waals surface area contributed by atoms with E-state index in [1.165, 1.54) is 22.0 Å². The van der Waals surface area contributed by atoms with E-state index in [0.717, 1.165) is 81.4 Å². The van der Waals surface area contributed by atoms with E-state index in [0.29, 0.717) is 60.6 Å². The highest BCUT2D eigenvalue weighted by Gasteiger charge is 2.45. The van der Waals surface area contributed by atoms with Crippen LogP contribution >= 0.6 is 23.2 Å². The summed E-state index contributed by atoms with van der Waals surface area (Å²) < 4.78 is 14.8. The number of fused-ring (bicyclic) bond motifs is 2. The Morgan fingerprint density at radius 3 is 1.33 bits per heavy atom. The number of aromatic nitrogens is 16. The van der Waals surface area contributed by atoms with Crippen LogP contribution in [0.4, 0.5) is 23.3 Å². The fraction of sp³-hybridized carbons (Fsp3) is 0.345. The number of amides is 2. The lowest BCUT2D eigenvalue weighted by molar-refractivity contribution is -0.149. The summed E-state index contributed by atoms with van der Waals surface area (Å²) in [4.78, 5) is 63.2. The number of nitrogens with zero attached hydrogens (tertiary/aromatic N) is 14.